The molecule has 8 nitrogen and oxygen atoms in total. The minimum absolute atomic E-state index is 0.255. The van der Waals surface area contributed by atoms with Gasteiger partial charge in [-0.3, -0.25) is 20.3 Å². The number of rotatable bonds is 7. The molecular formula is C21H22N4O4S. The minimum Gasteiger partial charge on any atom is -0.448 e. The Bertz CT molecular complexity index is 991. The number of amides is 2. The van der Waals surface area contributed by atoms with Crippen molar-refractivity contribution < 1.29 is 19.5 Å². The molecule has 30 heavy (non-hydrogen) atoms. The van der Waals surface area contributed by atoms with E-state index in [1.54, 1.807) is 35.7 Å². The van der Waals surface area contributed by atoms with Gasteiger partial charge in [-0.05, 0) is 55.9 Å². The van der Waals surface area contributed by atoms with E-state index in [0.717, 1.165) is 10.4 Å². The Kier molecular flexibility index (Phi) is 7.12. The second-order valence-electron chi connectivity index (χ2n) is 6.67. The Morgan fingerprint density at radius 3 is 2.60 bits per heavy atom. The van der Waals surface area contributed by atoms with Gasteiger partial charge in [0.25, 0.3) is 5.91 Å². The molecular weight excluding hydrogens is 404 g/mol. The number of likely N-dealkylation sites (N-methyl/N-ethyl adjacent to an activating group) is 1. The van der Waals surface area contributed by atoms with E-state index >= 15 is 0 Å². The lowest BCUT2D eigenvalue weighted by Crippen LogP contribution is -2.27. The van der Waals surface area contributed by atoms with Gasteiger partial charge in [-0.15, -0.1) is 11.3 Å². The van der Waals surface area contributed by atoms with Crippen LogP contribution in [0.2, 0.25) is 0 Å². The number of pyridine rings is 1. The molecule has 0 aliphatic rings. The van der Waals surface area contributed by atoms with Crippen LogP contribution in [0, 0.1) is 0 Å². The Morgan fingerprint density at radius 1 is 1.17 bits per heavy atom. The molecule has 0 unspecified atom stereocenters. The lowest BCUT2D eigenvalue weighted by atomic mass is 10.1. The summed E-state index contributed by atoms with van der Waals surface area (Å²) in [7, 11) is 3.77. The molecule has 0 aliphatic carbocycles. The fourth-order valence-corrected chi connectivity index (χ4v) is 3.24. The van der Waals surface area contributed by atoms with Gasteiger partial charge in [0.15, 0.2) is 0 Å². The van der Waals surface area contributed by atoms with Crippen molar-refractivity contribution >= 4 is 34.7 Å². The molecule has 0 spiro atoms. The van der Waals surface area contributed by atoms with Crippen LogP contribution in [-0.4, -0.2) is 54.3 Å². The first-order valence-electron chi connectivity index (χ1n) is 9.15. The summed E-state index contributed by atoms with van der Waals surface area (Å²) in [5.41, 5.74) is 1.80. The van der Waals surface area contributed by atoms with Crippen molar-refractivity contribution in [2.24, 2.45) is 0 Å². The highest BCUT2D eigenvalue weighted by Crippen LogP contribution is 2.27. The molecule has 0 saturated heterocycles. The third-order valence-electron chi connectivity index (χ3n) is 4.12. The summed E-state index contributed by atoms with van der Waals surface area (Å²) in [5, 5.41) is 15.5. The largest absolute Gasteiger partial charge is 0.448 e. The lowest BCUT2D eigenvalue weighted by Gasteiger charge is -2.15. The van der Waals surface area contributed by atoms with Gasteiger partial charge in [-0.25, -0.2) is 4.79 Å². The van der Waals surface area contributed by atoms with Crippen molar-refractivity contribution in [3.8, 4) is 10.4 Å². The molecule has 2 amide bonds. The zero-order valence-electron chi connectivity index (χ0n) is 16.6. The van der Waals surface area contributed by atoms with Gasteiger partial charge in [0, 0.05) is 34.4 Å². The maximum Gasteiger partial charge on any atom is 0.411 e. The molecule has 0 bridgehead atoms. The molecule has 2 heterocycles. The highest BCUT2D eigenvalue weighted by molar-refractivity contribution is 7.13. The second-order valence-corrected chi connectivity index (χ2v) is 7.62. The van der Waals surface area contributed by atoms with Crippen molar-refractivity contribution in [3.63, 3.8) is 0 Å². The number of nitrogens with one attached hydrogen (secondary N) is 1. The van der Waals surface area contributed by atoms with Crippen molar-refractivity contribution in [2.45, 2.75) is 0 Å². The van der Waals surface area contributed by atoms with Crippen LogP contribution >= 0.6 is 11.3 Å². The first-order chi connectivity index (χ1) is 14.4. The topological polar surface area (TPSA) is 95.0 Å². The molecule has 0 saturated carbocycles. The van der Waals surface area contributed by atoms with Crippen LogP contribution in [0.4, 0.5) is 16.2 Å². The average Bonchev–Trinajstić information content (AvgIpc) is 3.28. The maximum absolute atomic E-state index is 12.6. The standard InChI is InChI=1S/C21H22N4O4S/c1-24(2)9-10-29-21(27)23-17-7-5-15(6-8-17)20(26)25(28)18-12-16(13-22-14-18)19-4-3-11-30-19/h3-8,11-14,28H,9-10H2,1-2H3,(H,23,27). The maximum atomic E-state index is 12.6. The molecule has 2 aromatic heterocycles. The zero-order valence-corrected chi connectivity index (χ0v) is 17.4. The Balaban J connectivity index is 1.63. The minimum atomic E-state index is -0.611. The first kappa shape index (κ1) is 21.4. The summed E-state index contributed by atoms with van der Waals surface area (Å²) >= 11 is 1.54. The van der Waals surface area contributed by atoms with Crippen LogP contribution in [0.25, 0.3) is 10.4 Å². The number of aromatic nitrogens is 1. The number of benzene rings is 1. The van der Waals surface area contributed by atoms with Crippen LogP contribution in [0.15, 0.2) is 60.2 Å². The number of thiophene rings is 1. The van der Waals surface area contributed by atoms with E-state index in [9.17, 15) is 14.8 Å². The Labute approximate surface area is 178 Å². The number of nitrogens with zero attached hydrogens (tertiary/aromatic N) is 3. The van der Waals surface area contributed by atoms with E-state index < -0.39 is 12.0 Å². The van der Waals surface area contributed by atoms with Crippen molar-refractivity contribution in [1.82, 2.24) is 9.88 Å². The number of ether oxygens (including phenoxy) is 1. The lowest BCUT2D eigenvalue weighted by molar-refractivity contribution is 0.0854. The predicted molar refractivity (Wildman–Crippen MR) is 116 cm³/mol. The number of hydrogen-bond acceptors (Lipinski definition) is 7. The smallest absolute Gasteiger partial charge is 0.411 e. The fourth-order valence-electron chi connectivity index (χ4n) is 2.53. The van der Waals surface area contributed by atoms with E-state index in [0.29, 0.717) is 17.3 Å². The van der Waals surface area contributed by atoms with E-state index in [4.69, 9.17) is 4.74 Å². The molecule has 156 valence electrons. The number of carbonyl (C=O) groups is 2. The molecule has 3 aromatic rings. The van der Waals surface area contributed by atoms with Crippen LogP contribution in [0.3, 0.4) is 0 Å². The van der Waals surface area contributed by atoms with Gasteiger partial charge < -0.3 is 9.64 Å². The summed E-state index contributed by atoms with van der Waals surface area (Å²) in [5.74, 6) is -0.611. The van der Waals surface area contributed by atoms with Crippen molar-refractivity contribution in [1.29, 1.82) is 0 Å². The van der Waals surface area contributed by atoms with Gasteiger partial charge in [-0.1, -0.05) is 6.07 Å². The number of hydrogen-bond donors (Lipinski definition) is 2. The van der Waals surface area contributed by atoms with E-state index in [2.05, 4.69) is 10.3 Å². The van der Waals surface area contributed by atoms with Crippen LogP contribution in [0.1, 0.15) is 10.4 Å². The monoisotopic (exact) mass is 426 g/mol. The summed E-state index contributed by atoms with van der Waals surface area (Å²) in [6, 6.07) is 11.7. The number of anilines is 2. The SMILES string of the molecule is CN(C)CCOC(=O)Nc1ccc(C(=O)N(O)c2cncc(-c3cccs3)c2)cc1. The van der Waals surface area contributed by atoms with Gasteiger partial charge in [0.1, 0.15) is 6.61 Å². The zero-order chi connectivity index (χ0) is 21.5. The highest BCUT2D eigenvalue weighted by Gasteiger charge is 2.17. The van der Waals surface area contributed by atoms with Crippen LogP contribution in [-0.2, 0) is 4.74 Å². The normalized spacial score (nSPS) is 10.7. The van der Waals surface area contributed by atoms with Crippen LogP contribution < -0.4 is 10.4 Å². The molecule has 9 heteroatoms. The number of carbonyl (C=O) groups excluding carboxylic acids is 2. The second kappa shape index (κ2) is 9.97. The van der Waals surface area contributed by atoms with E-state index in [1.807, 2.05) is 36.5 Å². The van der Waals surface area contributed by atoms with Gasteiger partial charge in [0.05, 0.1) is 11.9 Å². The van der Waals surface area contributed by atoms with Gasteiger partial charge >= 0.3 is 6.09 Å². The fraction of sp³-hybridized carbons (Fsp3) is 0.190. The first-order valence-corrected chi connectivity index (χ1v) is 10.0. The quantitative estimate of drug-likeness (QED) is 0.439. The van der Waals surface area contributed by atoms with Crippen LogP contribution in [0.5, 0.6) is 0 Å². The third-order valence-corrected chi connectivity index (χ3v) is 5.04. The Hall–Kier alpha value is -3.27. The molecule has 0 radical (unpaired) electrons. The van der Waals surface area contributed by atoms with Crippen molar-refractivity contribution in [3.05, 3.63) is 65.8 Å². The average molecular weight is 426 g/mol. The number of hydroxylamine groups is 1. The van der Waals surface area contributed by atoms with E-state index in [1.165, 1.54) is 18.3 Å². The summed E-state index contributed by atoms with van der Waals surface area (Å²) in [6.07, 6.45) is 2.51. The molecule has 1 aromatic carbocycles. The summed E-state index contributed by atoms with van der Waals surface area (Å²) < 4.78 is 5.06. The third kappa shape index (κ3) is 5.63. The molecule has 0 fully saturated rings. The highest BCUT2D eigenvalue weighted by atomic mass is 32.1. The van der Waals surface area contributed by atoms with Gasteiger partial charge in [-0.2, -0.15) is 5.06 Å². The molecule has 3 rings (SSSR count). The van der Waals surface area contributed by atoms with Gasteiger partial charge in [0.2, 0.25) is 0 Å². The van der Waals surface area contributed by atoms with Crippen molar-refractivity contribution in [2.75, 3.05) is 37.6 Å². The predicted octanol–water partition coefficient (Wildman–Crippen LogP) is 3.96. The summed E-state index contributed by atoms with van der Waals surface area (Å²) in [6.45, 7) is 0.892. The Morgan fingerprint density at radius 2 is 1.93 bits per heavy atom. The van der Waals surface area contributed by atoms with E-state index in [-0.39, 0.29) is 17.9 Å². The molecule has 2 N–H and O–H groups in total. The molecule has 0 atom stereocenters. The summed E-state index contributed by atoms with van der Waals surface area (Å²) in [4.78, 5) is 31.4. The molecule has 0 aliphatic heterocycles.